The van der Waals surface area contributed by atoms with E-state index in [1.54, 1.807) is 35.8 Å². The number of hydrogen-bond acceptors (Lipinski definition) is 3. The number of aryl methyl sites for hydroxylation is 1. The second-order valence-corrected chi connectivity index (χ2v) is 7.31. The summed E-state index contributed by atoms with van der Waals surface area (Å²) in [6.45, 7) is 2.07. The standard InChI is InChI=1S/C20H14ClFN2OS/c1-12-23-19-18(17(11-26-19)14-5-7-15(21)8-6-14)20(25)24(12)10-13-3-2-4-16(22)9-13/h2-9,11H,10H2,1H3. The lowest BCUT2D eigenvalue weighted by Gasteiger charge is -2.10. The number of nitrogens with zero attached hydrogens (tertiary/aromatic N) is 2. The van der Waals surface area contributed by atoms with E-state index in [0.29, 0.717) is 21.1 Å². The molecule has 0 aliphatic heterocycles. The van der Waals surface area contributed by atoms with Crippen LogP contribution in [0.2, 0.25) is 5.02 Å². The van der Waals surface area contributed by atoms with Crippen molar-refractivity contribution in [2.24, 2.45) is 0 Å². The molecule has 4 aromatic rings. The normalized spacial score (nSPS) is 11.2. The Morgan fingerprint density at radius 2 is 1.96 bits per heavy atom. The zero-order valence-electron chi connectivity index (χ0n) is 13.9. The number of benzene rings is 2. The molecule has 0 saturated heterocycles. The highest BCUT2D eigenvalue weighted by atomic mass is 35.5. The molecule has 0 amide bonds. The lowest BCUT2D eigenvalue weighted by Crippen LogP contribution is -2.24. The van der Waals surface area contributed by atoms with Crippen LogP contribution in [0.15, 0.2) is 58.7 Å². The number of hydrogen-bond donors (Lipinski definition) is 0. The average Bonchev–Trinajstić information content (AvgIpc) is 3.03. The SMILES string of the molecule is Cc1nc2scc(-c3ccc(Cl)cc3)c2c(=O)n1Cc1cccc(F)c1. The summed E-state index contributed by atoms with van der Waals surface area (Å²) >= 11 is 7.41. The molecule has 0 radical (unpaired) electrons. The van der Waals surface area contributed by atoms with E-state index in [1.165, 1.54) is 23.5 Å². The van der Waals surface area contributed by atoms with Crippen LogP contribution in [0, 0.1) is 12.7 Å². The molecule has 0 unspecified atom stereocenters. The van der Waals surface area contributed by atoms with Crippen LogP contribution in [0.4, 0.5) is 4.39 Å². The van der Waals surface area contributed by atoms with Gasteiger partial charge in [-0.2, -0.15) is 0 Å². The van der Waals surface area contributed by atoms with Crippen molar-refractivity contribution in [2.75, 3.05) is 0 Å². The van der Waals surface area contributed by atoms with Gasteiger partial charge < -0.3 is 0 Å². The van der Waals surface area contributed by atoms with Crippen molar-refractivity contribution in [2.45, 2.75) is 13.5 Å². The highest BCUT2D eigenvalue weighted by molar-refractivity contribution is 7.17. The Kier molecular flexibility index (Phi) is 4.34. The third-order valence-corrected chi connectivity index (χ3v) is 5.39. The van der Waals surface area contributed by atoms with Crippen LogP contribution in [-0.4, -0.2) is 9.55 Å². The molecule has 0 N–H and O–H groups in total. The predicted octanol–water partition coefficient (Wildman–Crippen LogP) is 5.27. The Morgan fingerprint density at radius 3 is 2.69 bits per heavy atom. The van der Waals surface area contributed by atoms with Gasteiger partial charge in [0.25, 0.3) is 5.56 Å². The summed E-state index contributed by atoms with van der Waals surface area (Å²) in [6, 6.07) is 13.6. The Labute approximate surface area is 158 Å². The summed E-state index contributed by atoms with van der Waals surface area (Å²) in [6.07, 6.45) is 0. The van der Waals surface area contributed by atoms with Crippen molar-refractivity contribution in [1.29, 1.82) is 0 Å². The first-order valence-electron chi connectivity index (χ1n) is 8.02. The molecule has 3 nitrogen and oxygen atoms in total. The van der Waals surface area contributed by atoms with E-state index in [1.807, 2.05) is 17.5 Å². The molecule has 2 aromatic carbocycles. The summed E-state index contributed by atoms with van der Waals surface area (Å²) in [7, 11) is 0. The first kappa shape index (κ1) is 16.9. The number of halogens is 2. The molecule has 2 aromatic heterocycles. The van der Waals surface area contributed by atoms with E-state index in [4.69, 9.17) is 11.6 Å². The molecule has 6 heteroatoms. The fourth-order valence-electron chi connectivity index (χ4n) is 2.97. The molecule has 2 heterocycles. The minimum atomic E-state index is -0.320. The fourth-order valence-corrected chi connectivity index (χ4v) is 4.08. The van der Waals surface area contributed by atoms with Crippen LogP contribution >= 0.6 is 22.9 Å². The highest BCUT2D eigenvalue weighted by Gasteiger charge is 2.15. The number of aromatic nitrogens is 2. The van der Waals surface area contributed by atoms with E-state index >= 15 is 0 Å². The van der Waals surface area contributed by atoms with Gasteiger partial charge >= 0.3 is 0 Å². The first-order valence-corrected chi connectivity index (χ1v) is 9.28. The third kappa shape index (κ3) is 3.04. The minimum absolute atomic E-state index is 0.122. The molecule has 0 aliphatic carbocycles. The lowest BCUT2D eigenvalue weighted by molar-refractivity contribution is 0.621. The van der Waals surface area contributed by atoms with Crippen molar-refractivity contribution in [1.82, 2.24) is 9.55 Å². The zero-order valence-corrected chi connectivity index (χ0v) is 15.4. The molecular formula is C20H14ClFN2OS. The molecular weight excluding hydrogens is 371 g/mol. The Balaban J connectivity index is 1.88. The summed E-state index contributed by atoms with van der Waals surface area (Å²) in [4.78, 5) is 18.5. The quantitative estimate of drug-likeness (QED) is 0.482. The number of fused-ring (bicyclic) bond motifs is 1. The van der Waals surface area contributed by atoms with Crippen molar-refractivity contribution in [3.8, 4) is 11.1 Å². The molecule has 130 valence electrons. The Bertz CT molecular complexity index is 1160. The summed E-state index contributed by atoms with van der Waals surface area (Å²) in [5.74, 6) is 0.288. The van der Waals surface area contributed by atoms with E-state index in [2.05, 4.69) is 4.98 Å². The van der Waals surface area contributed by atoms with Gasteiger partial charge in [-0.15, -0.1) is 11.3 Å². The van der Waals surface area contributed by atoms with Gasteiger partial charge in [0, 0.05) is 16.0 Å². The van der Waals surface area contributed by atoms with Crippen molar-refractivity contribution < 1.29 is 4.39 Å². The highest BCUT2D eigenvalue weighted by Crippen LogP contribution is 2.31. The van der Waals surface area contributed by atoms with Gasteiger partial charge in [-0.05, 0) is 42.3 Å². The van der Waals surface area contributed by atoms with Gasteiger partial charge in [0.2, 0.25) is 0 Å². The van der Waals surface area contributed by atoms with E-state index in [-0.39, 0.29) is 17.9 Å². The monoisotopic (exact) mass is 384 g/mol. The third-order valence-electron chi connectivity index (χ3n) is 4.27. The van der Waals surface area contributed by atoms with E-state index < -0.39 is 0 Å². The lowest BCUT2D eigenvalue weighted by atomic mass is 10.1. The molecule has 0 aliphatic rings. The largest absolute Gasteiger partial charge is 0.292 e. The van der Waals surface area contributed by atoms with Gasteiger partial charge in [0.05, 0.1) is 11.9 Å². The van der Waals surface area contributed by atoms with Crippen molar-refractivity contribution >= 4 is 33.2 Å². The average molecular weight is 385 g/mol. The van der Waals surface area contributed by atoms with Gasteiger partial charge in [-0.25, -0.2) is 9.37 Å². The topological polar surface area (TPSA) is 34.9 Å². The molecule has 0 spiro atoms. The van der Waals surface area contributed by atoms with Crippen LogP contribution in [0.5, 0.6) is 0 Å². The van der Waals surface area contributed by atoms with Crippen molar-refractivity contribution in [3.05, 3.63) is 86.5 Å². The molecule has 0 atom stereocenters. The van der Waals surface area contributed by atoms with Gasteiger partial charge in [-0.3, -0.25) is 9.36 Å². The van der Waals surface area contributed by atoms with Gasteiger partial charge in [0.15, 0.2) is 0 Å². The molecule has 26 heavy (non-hydrogen) atoms. The maximum absolute atomic E-state index is 13.5. The fraction of sp³-hybridized carbons (Fsp3) is 0.100. The van der Waals surface area contributed by atoms with Crippen LogP contribution in [-0.2, 0) is 6.54 Å². The maximum atomic E-state index is 13.5. The molecule has 0 bridgehead atoms. The molecule has 0 fully saturated rings. The first-order chi connectivity index (χ1) is 12.5. The van der Waals surface area contributed by atoms with Crippen LogP contribution in [0.3, 0.4) is 0 Å². The summed E-state index contributed by atoms with van der Waals surface area (Å²) in [5.41, 5.74) is 2.36. The minimum Gasteiger partial charge on any atom is -0.292 e. The van der Waals surface area contributed by atoms with Gasteiger partial charge in [0.1, 0.15) is 16.5 Å². The van der Waals surface area contributed by atoms with E-state index in [0.717, 1.165) is 16.7 Å². The van der Waals surface area contributed by atoms with Gasteiger partial charge in [-0.1, -0.05) is 35.9 Å². The van der Waals surface area contributed by atoms with Crippen LogP contribution in [0.25, 0.3) is 21.3 Å². The smallest absolute Gasteiger partial charge is 0.263 e. The van der Waals surface area contributed by atoms with Crippen molar-refractivity contribution in [3.63, 3.8) is 0 Å². The predicted molar refractivity (Wildman–Crippen MR) is 105 cm³/mol. The van der Waals surface area contributed by atoms with E-state index in [9.17, 15) is 9.18 Å². The summed E-state index contributed by atoms with van der Waals surface area (Å²) in [5, 5.41) is 3.17. The summed E-state index contributed by atoms with van der Waals surface area (Å²) < 4.78 is 15.1. The van der Waals surface area contributed by atoms with Crippen LogP contribution in [0.1, 0.15) is 11.4 Å². The van der Waals surface area contributed by atoms with Crippen LogP contribution < -0.4 is 5.56 Å². The Hall–Kier alpha value is -2.50. The second kappa shape index (κ2) is 6.67. The second-order valence-electron chi connectivity index (χ2n) is 6.02. The number of thiophene rings is 1. The zero-order chi connectivity index (χ0) is 18.3. The Morgan fingerprint density at radius 1 is 1.19 bits per heavy atom. The molecule has 4 rings (SSSR count). The maximum Gasteiger partial charge on any atom is 0.263 e. The molecule has 0 saturated carbocycles. The number of rotatable bonds is 3.